The number of hydrogen-bond donors (Lipinski definition) is 1. The lowest BCUT2D eigenvalue weighted by atomic mass is 9.91. The summed E-state index contributed by atoms with van der Waals surface area (Å²) in [5.41, 5.74) is 8.65. The molecule has 2 aromatic heterocycles. The molecule has 37 heavy (non-hydrogen) atoms. The highest BCUT2D eigenvalue weighted by molar-refractivity contribution is 5.99. The third-order valence-electron chi connectivity index (χ3n) is 7.48. The van der Waals surface area contributed by atoms with Crippen molar-refractivity contribution in [2.75, 3.05) is 18.9 Å². The van der Waals surface area contributed by atoms with Crippen molar-refractivity contribution in [2.24, 2.45) is 5.92 Å². The van der Waals surface area contributed by atoms with Gasteiger partial charge in [-0.3, -0.25) is 9.78 Å². The molecule has 0 bridgehead atoms. The number of pyridine rings is 2. The summed E-state index contributed by atoms with van der Waals surface area (Å²) in [6, 6.07) is 7.46. The number of nitrogens with zero attached hydrogens (tertiary/aromatic N) is 3. The Kier molecular flexibility index (Phi) is 6.80. The van der Waals surface area contributed by atoms with Gasteiger partial charge in [0.15, 0.2) is 0 Å². The van der Waals surface area contributed by atoms with E-state index in [1.165, 1.54) is 6.07 Å². The summed E-state index contributed by atoms with van der Waals surface area (Å²) < 4.78 is 50.4. The lowest BCUT2D eigenvalue weighted by Crippen LogP contribution is -2.44. The number of fused-ring (bicyclic) bond motifs is 3. The molecular weight excluding hydrogens is 485 g/mol. The molecule has 10 heteroatoms. The van der Waals surface area contributed by atoms with Crippen molar-refractivity contribution in [3.63, 3.8) is 0 Å². The van der Waals surface area contributed by atoms with Crippen molar-refractivity contribution < 1.29 is 27.4 Å². The average Bonchev–Trinajstić information content (AvgIpc) is 3.29. The van der Waals surface area contributed by atoms with Gasteiger partial charge in [0.2, 0.25) is 0 Å². The number of halogens is 3. The van der Waals surface area contributed by atoms with Crippen LogP contribution in [0.3, 0.4) is 0 Å². The minimum absolute atomic E-state index is 0.0891. The predicted molar refractivity (Wildman–Crippen MR) is 131 cm³/mol. The van der Waals surface area contributed by atoms with Gasteiger partial charge in [0.05, 0.1) is 36.0 Å². The maximum Gasteiger partial charge on any atom is 0.417 e. The number of amides is 1. The van der Waals surface area contributed by atoms with Crippen molar-refractivity contribution in [1.82, 2.24) is 14.9 Å². The molecule has 0 aliphatic carbocycles. The monoisotopic (exact) mass is 514 g/mol. The van der Waals surface area contributed by atoms with Crippen LogP contribution in [0.2, 0.25) is 0 Å². The number of rotatable bonds is 5. The fourth-order valence-corrected chi connectivity index (χ4v) is 5.28. The molecule has 4 heterocycles. The van der Waals surface area contributed by atoms with Crippen LogP contribution in [0.4, 0.5) is 19.0 Å². The second-order valence-electron chi connectivity index (χ2n) is 9.73. The molecule has 0 radical (unpaired) electrons. The fraction of sp³-hybridized carbons (Fsp3) is 0.444. The second kappa shape index (κ2) is 9.90. The zero-order chi connectivity index (χ0) is 26.3. The summed E-state index contributed by atoms with van der Waals surface area (Å²) in [5.74, 6) is 0.405. The minimum Gasteiger partial charge on any atom is -0.383 e. The number of ether oxygens (including phenoxy) is 2. The molecule has 1 fully saturated rings. The van der Waals surface area contributed by atoms with E-state index in [9.17, 15) is 18.0 Å². The van der Waals surface area contributed by atoms with Crippen LogP contribution in [0.25, 0.3) is 10.9 Å². The van der Waals surface area contributed by atoms with Crippen molar-refractivity contribution >= 4 is 22.6 Å². The quantitative estimate of drug-likeness (QED) is 0.498. The number of nitrogens with two attached hydrogens (primary N) is 1. The summed E-state index contributed by atoms with van der Waals surface area (Å²) in [7, 11) is 0. The smallest absolute Gasteiger partial charge is 0.383 e. The van der Waals surface area contributed by atoms with Gasteiger partial charge >= 0.3 is 6.18 Å². The number of aromatic nitrogens is 2. The van der Waals surface area contributed by atoms with E-state index in [-0.39, 0.29) is 30.5 Å². The summed E-state index contributed by atoms with van der Waals surface area (Å²) in [4.78, 5) is 24.2. The first kappa shape index (κ1) is 25.4. The van der Waals surface area contributed by atoms with Gasteiger partial charge in [0.1, 0.15) is 5.82 Å². The zero-order valence-electron chi connectivity index (χ0n) is 20.7. The molecule has 196 valence electrons. The van der Waals surface area contributed by atoms with Crippen LogP contribution in [0.1, 0.15) is 65.5 Å². The Balaban J connectivity index is 1.50. The van der Waals surface area contributed by atoms with Crippen molar-refractivity contribution in [2.45, 2.75) is 58.2 Å². The maximum atomic E-state index is 13.9. The Hall–Kier alpha value is -3.24. The largest absolute Gasteiger partial charge is 0.417 e. The van der Waals surface area contributed by atoms with Gasteiger partial charge in [-0.15, -0.1) is 0 Å². The molecule has 1 aromatic carbocycles. The maximum absolute atomic E-state index is 13.9. The Morgan fingerprint density at radius 2 is 1.97 bits per heavy atom. The van der Waals surface area contributed by atoms with E-state index in [4.69, 9.17) is 15.2 Å². The number of benzene rings is 1. The summed E-state index contributed by atoms with van der Waals surface area (Å²) in [6.45, 7) is 5.60. The SMILES string of the molecule is C[C@@H]1OCc2c1c(N)nc1ccc(C(=O)N(Cc3ccc(C(F)(F)F)cn3)[C@@H](C)C3CCOCC3)cc21. The first-order valence-corrected chi connectivity index (χ1v) is 12.4. The standard InChI is InChI=1S/C27H29F3N4O3/c1-15(17-7-9-36-10-8-17)34(13-20-5-4-19(12-32-20)27(28,29)30)26(35)18-3-6-23-21(11-18)22-14-37-16(2)24(22)25(31)33-23/h3-6,11-12,15-17H,7-10,13-14H2,1-2H3,(H2,31,33)/t15-,16-/m0/s1. The van der Waals surface area contributed by atoms with E-state index in [0.29, 0.717) is 42.4 Å². The van der Waals surface area contributed by atoms with E-state index in [1.807, 2.05) is 19.9 Å². The number of alkyl halides is 3. The number of nitrogen functional groups attached to an aromatic ring is 1. The van der Waals surface area contributed by atoms with E-state index < -0.39 is 11.7 Å². The lowest BCUT2D eigenvalue weighted by molar-refractivity contribution is -0.137. The lowest BCUT2D eigenvalue weighted by Gasteiger charge is -2.36. The molecule has 0 unspecified atom stereocenters. The van der Waals surface area contributed by atoms with E-state index >= 15 is 0 Å². The normalized spacial score (nSPS) is 19.1. The summed E-state index contributed by atoms with van der Waals surface area (Å²) in [5, 5.41) is 0.811. The molecule has 2 aliphatic rings. The first-order chi connectivity index (χ1) is 17.6. The van der Waals surface area contributed by atoms with Gasteiger partial charge < -0.3 is 20.1 Å². The van der Waals surface area contributed by atoms with Crippen LogP contribution >= 0.6 is 0 Å². The topological polar surface area (TPSA) is 90.6 Å². The third-order valence-corrected chi connectivity index (χ3v) is 7.48. The Morgan fingerprint density at radius 1 is 1.22 bits per heavy atom. The van der Waals surface area contributed by atoms with Gasteiger partial charge in [-0.05, 0) is 68.5 Å². The van der Waals surface area contributed by atoms with E-state index in [1.54, 1.807) is 17.0 Å². The molecule has 2 N–H and O–H groups in total. The van der Waals surface area contributed by atoms with Crippen LogP contribution in [0.5, 0.6) is 0 Å². The highest BCUT2D eigenvalue weighted by Gasteiger charge is 2.33. The summed E-state index contributed by atoms with van der Waals surface area (Å²) in [6.07, 6.45) is -2.24. The fourth-order valence-electron chi connectivity index (χ4n) is 5.28. The molecule has 0 saturated carbocycles. The zero-order valence-corrected chi connectivity index (χ0v) is 20.7. The highest BCUT2D eigenvalue weighted by Crippen LogP contribution is 2.38. The predicted octanol–water partition coefficient (Wildman–Crippen LogP) is 5.28. The Labute approximate surface area is 212 Å². The molecule has 0 spiro atoms. The van der Waals surface area contributed by atoms with E-state index in [2.05, 4.69) is 9.97 Å². The third kappa shape index (κ3) is 5.00. The molecule has 1 saturated heterocycles. The number of anilines is 1. The number of carbonyl (C=O) groups is 1. The summed E-state index contributed by atoms with van der Waals surface area (Å²) >= 11 is 0. The van der Waals surface area contributed by atoms with Crippen molar-refractivity contribution in [3.8, 4) is 0 Å². The number of hydrogen-bond acceptors (Lipinski definition) is 6. The van der Waals surface area contributed by atoms with Crippen LogP contribution in [-0.4, -0.2) is 40.0 Å². The molecule has 5 rings (SSSR count). The van der Waals surface area contributed by atoms with Crippen LogP contribution in [-0.2, 0) is 28.8 Å². The highest BCUT2D eigenvalue weighted by atomic mass is 19.4. The van der Waals surface area contributed by atoms with Gasteiger partial charge in [0.25, 0.3) is 5.91 Å². The average molecular weight is 515 g/mol. The Morgan fingerprint density at radius 3 is 2.65 bits per heavy atom. The molecule has 1 amide bonds. The van der Waals surface area contributed by atoms with Gasteiger partial charge in [-0.1, -0.05) is 0 Å². The minimum atomic E-state index is -4.47. The van der Waals surface area contributed by atoms with Crippen molar-refractivity contribution in [1.29, 1.82) is 0 Å². The van der Waals surface area contributed by atoms with Gasteiger partial charge in [-0.2, -0.15) is 13.2 Å². The Bertz CT molecular complexity index is 1310. The molecule has 3 aromatic rings. The van der Waals surface area contributed by atoms with Crippen LogP contribution in [0.15, 0.2) is 36.5 Å². The van der Waals surface area contributed by atoms with Crippen LogP contribution in [0, 0.1) is 5.92 Å². The first-order valence-electron chi connectivity index (χ1n) is 12.4. The van der Waals surface area contributed by atoms with Crippen LogP contribution < -0.4 is 5.73 Å². The molecule has 2 aliphatic heterocycles. The van der Waals surface area contributed by atoms with E-state index in [0.717, 1.165) is 41.6 Å². The second-order valence-corrected chi connectivity index (χ2v) is 9.73. The molecule has 7 nitrogen and oxygen atoms in total. The van der Waals surface area contributed by atoms with Crippen molar-refractivity contribution in [3.05, 3.63) is 64.5 Å². The number of carbonyl (C=O) groups excluding carboxylic acids is 1. The molecular formula is C27H29F3N4O3. The molecule has 2 atom stereocenters. The van der Waals surface area contributed by atoms with Gasteiger partial charge in [-0.25, -0.2) is 4.98 Å². The van der Waals surface area contributed by atoms with Gasteiger partial charge in [0, 0.05) is 42.0 Å².